The molecular weight excluding hydrogens is 406 g/mol. The van der Waals surface area contributed by atoms with Crippen molar-refractivity contribution in [2.75, 3.05) is 13.7 Å². The Kier molecular flexibility index (Phi) is 5.93. The molecule has 9 nitrogen and oxygen atoms in total. The summed E-state index contributed by atoms with van der Waals surface area (Å²) in [4.78, 5) is 6.97. The van der Waals surface area contributed by atoms with E-state index in [-0.39, 0.29) is 11.6 Å². The summed E-state index contributed by atoms with van der Waals surface area (Å²) >= 11 is 0. The van der Waals surface area contributed by atoms with Crippen LogP contribution in [-0.2, 0) is 24.4 Å². The van der Waals surface area contributed by atoms with Crippen molar-refractivity contribution < 1.29 is 13.5 Å². The fourth-order valence-corrected chi connectivity index (χ4v) is 4.51. The molecule has 1 aromatic carbocycles. The number of ether oxygens (including phenoxy) is 1. The Labute approximate surface area is 179 Å². The number of nitrogens with zero attached hydrogens (tertiary/aromatic N) is 5. The van der Waals surface area contributed by atoms with Gasteiger partial charge in [-0.2, -0.15) is 5.10 Å². The van der Waals surface area contributed by atoms with Gasteiger partial charge in [0.1, 0.15) is 17.7 Å². The molecule has 2 aliphatic heterocycles. The zero-order valence-electron chi connectivity index (χ0n) is 17.6. The van der Waals surface area contributed by atoms with E-state index in [0.29, 0.717) is 44.3 Å². The van der Waals surface area contributed by atoms with Gasteiger partial charge in [-0.25, -0.2) is 19.6 Å². The van der Waals surface area contributed by atoms with Crippen LogP contribution in [0, 0.1) is 11.6 Å². The van der Waals surface area contributed by atoms with Crippen LogP contribution in [0.5, 0.6) is 0 Å². The first-order chi connectivity index (χ1) is 14.8. The van der Waals surface area contributed by atoms with Crippen molar-refractivity contribution in [2.24, 2.45) is 22.5 Å². The van der Waals surface area contributed by atoms with Crippen LogP contribution in [0.15, 0.2) is 23.3 Å². The van der Waals surface area contributed by atoms with E-state index in [9.17, 15) is 8.78 Å². The second kappa shape index (κ2) is 8.50. The van der Waals surface area contributed by atoms with Gasteiger partial charge >= 0.3 is 0 Å². The minimum absolute atomic E-state index is 0.0469. The molecule has 2 unspecified atom stereocenters. The number of aromatic nitrogens is 2. The molecule has 31 heavy (non-hydrogen) atoms. The van der Waals surface area contributed by atoms with Crippen molar-refractivity contribution in [1.29, 1.82) is 0 Å². The number of hydrazine groups is 1. The predicted molar refractivity (Wildman–Crippen MR) is 111 cm³/mol. The molecule has 0 bridgehead atoms. The van der Waals surface area contributed by atoms with E-state index in [2.05, 4.69) is 14.6 Å². The Bertz CT molecular complexity index is 992. The molecule has 0 saturated carbocycles. The number of hydrogen-bond acceptors (Lipinski definition) is 7. The Morgan fingerprint density at radius 2 is 2.13 bits per heavy atom. The normalized spacial score (nSPS) is 24.5. The van der Waals surface area contributed by atoms with E-state index >= 15 is 0 Å². The number of rotatable bonds is 4. The van der Waals surface area contributed by atoms with Crippen LogP contribution >= 0.6 is 0 Å². The number of fused-ring (bicyclic) bond motifs is 1. The smallest absolute Gasteiger partial charge is 0.205 e. The number of nitrogens with two attached hydrogens (primary N) is 3. The molecular formula is C20H28F2N8O. The van der Waals surface area contributed by atoms with Crippen molar-refractivity contribution in [2.45, 2.75) is 51.2 Å². The molecule has 1 fully saturated rings. The average Bonchev–Trinajstić information content (AvgIpc) is 3.28. The third-order valence-electron chi connectivity index (χ3n) is 6.02. The van der Waals surface area contributed by atoms with Gasteiger partial charge in [0.15, 0.2) is 5.82 Å². The maximum absolute atomic E-state index is 14.2. The molecule has 1 saturated heterocycles. The molecule has 0 spiro atoms. The summed E-state index contributed by atoms with van der Waals surface area (Å²) in [5, 5.41) is 5.12. The molecule has 0 amide bonds. The number of hydrogen-bond donors (Lipinski definition) is 3. The molecule has 11 heteroatoms. The van der Waals surface area contributed by atoms with E-state index < -0.39 is 23.8 Å². The van der Waals surface area contributed by atoms with Gasteiger partial charge in [-0.1, -0.05) is 0 Å². The quantitative estimate of drug-likeness (QED) is 0.281. The zero-order valence-corrected chi connectivity index (χ0v) is 17.6. The lowest BCUT2D eigenvalue weighted by Crippen LogP contribution is -2.48. The fraction of sp³-hybridized carbons (Fsp3) is 0.500. The van der Waals surface area contributed by atoms with E-state index in [4.69, 9.17) is 27.1 Å². The van der Waals surface area contributed by atoms with E-state index in [1.165, 1.54) is 5.01 Å². The molecule has 168 valence electrons. The van der Waals surface area contributed by atoms with Crippen molar-refractivity contribution in [3.8, 4) is 0 Å². The monoisotopic (exact) mass is 434 g/mol. The summed E-state index contributed by atoms with van der Waals surface area (Å²) in [6.07, 6.45) is -0.0696. The fourth-order valence-electron chi connectivity index (χ4n) is 4.51. The van der Waals surface area contributed by atoms with Crippen molar-refractivity contribution in [3.63, 3.8) is 0 Å². The Hall–Kier alpha value is -2.60. The summed E-state index contributed by atoms with van der Waals surface area (Å²) in [5.74, 6) is 11.4. The van der Waals surface area contributed by atoms with Crippen molar-refractivity contribution in [3.05, 3.63) is 52.6 Å². The molecule has 3 heterocycles. The Morgan fingerprint density at radius 3 is 2.77 bits per heavy atom. The topological polar surface area (TPSA) is 124 Å². The highest BCUT2D eigenvalue weighted by Crippen LogP contribution is 2.34. The van der Waals surface area contributed by atoms with Crippen LogP contribution in [0.2, 0.25) is 0 Å². The number of imidazole rings is 1. The lowest BCUT2D eigenvalue weighted by Gasteiger charge is -2.38. The lowest BCUT2D eigenvalue weighted by atomic mass is 9.93. The SMILES string of the molecule is CCn1c(/C(=N/N)N(C)N)nc2c1CN(C1CO[C@H](c3cc(F)ccc3F)C(N)C1)C2. The average molecular weight is 434 g/mol. The van der Waals surface area contributed by atoms with Gasteiger partial charge in [-0.05, 0) is 31.5 Å². The number of hydrazone groups is 1. The molecule has 2 aliphatic rings. The zero-order chi connectivity index (χ0) is 22.3. The summed E-state index contributed by atoms with van der Waals surface area (Å²) < 4.78 is 35.8. The second-order valence-corrected chi connectivity index (χ2v) is 8.01. The highest BCUT2D eigenvalue weighted by Gasteiger charge is 2.38. The number of halogens is 2. The van der Waals surface area contributed by atoms with Crippen LogP contribution in [0.25, 0.3) is 0 Å². The van der Waals surface area contributed by atoms with Crippen molar-refractivity contribution >= 4 is 5.84 Å². The van der Waals surface area contributed by atoms with Gasteiger partial charge in [-0.3, -0.25) is 9.91 Å². The predicted octanol–water partition coefficient (Wildman–Crippen LogP) is 0.780. The third kappa shape index (κ3) is 3.89. The van der Waals surface area contributed by atoms with Crippen LogP contribution in [0.3, 0.4) is 0 Å². The van der Waals surface area contributed by atoms with E-state index in [1.807, 2.05) is 6.92 Å². The second-order valence-electron chi connectivity index (χ2n) is 8.01. The molecule has 0 aliphatic carbocycles. The van der Waals surface area contributed by atoms with Crippen molar-refractivity contribution in [1.82, 2.24) is 19.5 Å². The number of amidine groups is 1. The molecule has 6 N–H and O–H groups in total. The highest BCUT2D eigenvalue weighted by atomic mass is 19.1. The minimum atomic E-state index is -0.672. The Balaban J connectivity index is 1.48. The minimum Gasteiger partial charge on any atom is -0.370 e. The van der Waals surface area contributed by atoms with Gasteiger partial charge in [0.25, 0.3) is 0 Å². The van der Waals surface area contributed by atoms with Gasteiger partial charge in [0.05, 0.1) is 18.0 Å². The van der Waals surface area contributed by atoms with E-state index in [1.54, 1.807) is 7.05 Å². The Morgan fingerprint density at radius 1 is 1.35 bits per heavy atom. The maximum atomic E-state index is 14.2. The first kappa shape index (κ1) is 21.6. The summed E-state index contributed by atoms with van der Waals surface area (Å²) in [5.41, 5.74) is 8.51. The molecule has 3 atom stereocenters. The number of benzene rings is 1. The standard InChI is InChI=1S/C20H28F2N8O/c1-3-30-17-9-29(8-16(17)26-19(30)20(27-24)28(2)25)12-7-15(23)18(31-10-12)13-6-11(21)4-5-14(13)22/h4-6,12,15,18H,3,7-10,23-25H2,1-2H3/b27-20-/t12?,15?,18-/m1/s1. The van der Waals surface area contributed by atoms with Gasteiger partial charge in [0, 0.05) is 44.3 Å². The highest BCUT2D eigenvalue weighted by molar-refractivity contribution is 5.95. The largest absolute Gasteiger partial charge is 0.370 e. The summed E-state index contributed by atoms with van der Waals surface area (Å²) in [6.45, 7) is 4.39. The van der Waals surface area contributed by atoms with Crippen LogP contribution in [0.1, 0.15) is 42.2 Å². The molecule has 2 aromatic rings. The first-order valence-electron chi connectivity index (χ1n) is 10.2. The first-order valence-corrected chi connectivity index (χ1v) is 10.2. The van der Waals surface area contributed by atoms with Gasteiger partial charge < -0.3 is 20.9 Å². The van der Waals surface area contributed by atoms with Gasteiger partial charge in [-0.15, -0.1) is 0 Å². The lowest BCUT2D eigenvalue weighted by molar-refractivity contribution is -0.0535. The molecule has 4 rings (SSSR count). The van der Waals surface area contributed by atoms with Crippen LogP contribution in [-0.4, -0.2) is 51.0 Å². The summed E-state index contributed by atoms with van der Waals surface area (Å²) in [7, 11) is 1.66. The molecule has 1 aromatic heterocycles. The third-order valence-corrected chi connectivity index (χ3v) is 6.02. The maximum Gasteiger partial charge on any atom is 0.205 e. The van der Waals surface area contributed by atoms with E-state index in [0.717, 1.165) is 29.6 Å². The van der Waals surface area contributed by atoms with Crippen LogP contribution in [0.4, 0.5) is 8.78 Å². The summed E-state index contributed by atoms with van der Waals surface area (Å²) in [6, 6.07) is 2.95. The van der Waals surface area contributed by atoms with Gasteiger partial charge in [0.2, 0.25) is 5.84 Å². The molecule has 0 radical (unpaired) electrons. The van der Waals surface area contributed by atoms with Crippen LogP contribution < -0.4 is 17.4 Å².